The van der Waals surface area contributed by atoms with Gasteiger partial charge in [0.05, 0.1) is 17.6 Å². The molecule has 0 aliphatic carbocycles. The van der Waals surface area contributed by atoms with E-state index in [0.29, 0.717) is 36.3 Å². The van der Waals surface area contributed by atoms with Crippen LogP contribution < -0.4 is 5.32 Å². The lowest BCUT2D eigenvalue weighted by molar-refractivity contribution is -0.125. The maximum atomic E-state index is 12.1. The van der Waals surface area contributed by atoms with Gasteiger partial charge in [-0.2, -0.15) is 0 Å². The number of nitrogens with one attached hydrogen (secondary N) is 2. The Morgan fingerprint density at radius 3 is 3.17 bits per heavy atom. The van der Waals surface area contributed by atoms with E-state index in [4.69, 9.17) is 4.74 Å². The summed E-state index contributed by atoms with van der Waals surface area (Å²) in [6.45, 7) is 6.90. The fraction of sp³-hybridized carbons (Fsp3) is 0.353. The van der Waals surface area contributed by atoms with Gasteiger partial charge in [0.2, 0.25) is 5.91 Å². The topological polar surface area (TPSA) is 87.3 Å². The predicted octanol–water partition coefficient (Wildman–Crippen LogP) is 1.94. The molecular formula is C17H20N4O3. The van der Waals surface area contributed by atoms with Crippen molar-refractivity contribution in [3.63, 3.8) is 0 Å². The monoisotopic (exact) mass is 328 g/mol. The molecule has 0 spiro atoms. The molecule has 0 saturated carbocycles. The minimum Gasteiger partial charge on any atom is -0.462 e. The number of aromatic nitrogens is 2. The number of carbonyl (C=O) groups excluding carboxylic acids is 2. The maximum absolute atomic E-state index is 12.1. The van der Waals surface area contributed by atoms with E-state index in [-0.39, 0.29) is 17.9 Å². The SMILES string of the molecule is C=CC(=O)N1CCC(Nc2ccnc3[nH]cc(C(=O)OCC)c23)C1. The fourth-order valence-electron chi connectivity index (χ4n) is 2.97. The van der Waals surface area contributed by atoms with Crippen molar-refractivity contribution in [2.45, 2.75) is 19.4 Å². The van der Waals surface area contributed by atoms with Gasteiger partial charge in [0, 0.05) is 37.2 Å². The van der Waals surface area contributed by atoms with Gasteiger partial charge in [0.1, 0.15) is 5.65 Å². The van der Waals surface area contributed by atoms with Crippen LogP contribution >= 0.6 is 0 Å². The molecular weight excluding hydrogens is 308 g/mol. The molecule has 7 heteroatoms. The van der Waals surface area contributed by atoms with Crippen LogP contribution in [0.25, 0.3) is 11.0 Å². The summed E-state index contributed by atoms with van der Waals surface area (Å²) < 4.78 is 5.10. The van der Waals surface area contributed by atoms with E-state index in [9.17, 15) is 9.59 Å². The van der Waals surface area contributed by atoms with Crippen molar-refractivity contribution in [3.05, 3.63) is 36.7 Å². The van der Waals surface area contributed by atoms with Crippen LogP contribution in [0, 0.1) is 0 Å². The Bertz CT molecular complexity index is 783. The summed E-state index contributed by atoms with van der Waals surface area (Å²) in [4.78, 5) is 32.8. The van der Waals surface area contributed by atoms with Gasteiger partial charge in [-0.1, -0.05) is 6.58 Å². The second-order valence-corrected chi connectivity index (χ2v) is 5.62. The van der Waals surface area contributed by atoms with Crippen molar-refractivity contribution in [2.75, 3.05) is 25.0 Å². The number of ether oxygens (including phenoxy) is 1. The standard InChI is InChI=1S/C17H20N4O3/c1-3-14(22)21-8-6-11(10-21)20-13-5-7-18-16-15(13)12(9-19-16)17(23)24-4-2/h3,5,7,9,11H,1,4,6,8,10H2,2H3,(H2,18,19,20). The highest BCUT2D eigenvalue weighted by Crippen LogP contribution is 2.27. The summed E-state index contributed by atoms with van der Waals surface area (Å²) >= 11 is 0. The number of nitrogens with zero attached hydrogens (tertiary/aromatic N) is 2. The largest absolute Gasteiger partial charge is 0.462 e. The third-order valence-corrected chi connectivity index (χ3v) is 4.10. The summed E-state index contributed by atoms with van der Waals surface area (Å²) in [5.74, 6) is -0.442. The van der Waals surface area contributed by atoms with Crippen LogP contribution in [-0.4, -0.2) is 52.5 Å². The second kappa shape index (κ2) is 6.74. The number of anilines is 1. The van der Waals surface area contributed by atoms with E-state index >= 15 is 0 Å². The Hall–Kier alpha value is -2.83. The van der Waals surface area contributed by atoms with Crippen LogP contribution in [0.4, 0.5) is 5.69 Å². The van der Waals surface area contributed by atoms with E-state index < -0.39 is 0 Å². The van der Waals surface area contributed by atoms with E-state index in [1.54, 1.807) is 24.2 Å². The number of amides is 1. The van der Waals surface area contributed by atoms with Crippen molar-refractivity contribution in [1.29, 1.82) is 0 Å². The normalized spacial score (nSPS) is 17.0. The summed E-state index contributed by atoms with van der Waals surface area (Å²) in [5.41, 5.74) is 1.89. The highest BCUT2D eigenvalue weighted by molar-refractivity contribution is 6.08. The van der Waals surface area contributed by atoms with E-state index in [1.165, 1.54) is 6.08 Å². The molecule has 0 radical (unpaired) electrons. The molecule has 1 aliphatic heterocycles. The molecule has 1 saturated heterocycles. The molecule has 2 aromatic rings. The van der Waals surface area contributed by atoms with Crippen LogP contribution in [0.2, 0.25) is 0 Å². The molecule has 3 rings (SSSR count). The molecule has 1 unspecified atom stereocenters. The van der Waals surface area contributed by atoms with Gasteiger partial charge in [0.25, 0.3) is 0 Å². The van der Waals surface area contributed by atoms with Crippen LogP contribution in [0.1, 0.15) is 23.7 Å². The zero-order chi connectivity index (χ0) is 17.1. The van der Waals surface area contributed by atoms with Gasteiger partial charge >= 0.3 is 5.97 Å². The molecule has 24 heavy (non-hydrogen) atoms. The molecule has 1 fully saturated rings. The number of rotatable bonds is 5. The smallest absolute Gasteiger partial charge is 0.340 e. The quantitative estimate of drug-likeness (QED) is 0.647. The number of hydrogen-bond acceptors (Lipinski definition) is 5. The first kappa shape index (κ1) is 16.0. The van der Waals surface area contributed by atoms with Crippen molar-refractivity contribution in [1.82, 2.24) is 14.9 Å². The number of hydrogen-bond donors (Lipinski definition) is 2. The molecule has 7 nitrogen and oxygen atoms in total. The zero-order valence-corrected chi connectivity index (χ0v) is 13.5. The van der Waals surface area contributed by atoms with Crippen LogP contribution in [0.5, 0.6) is 0 Å². The number of fused-ring (bicyclic) bond motifs is 1. The molecule has 3 heterocycles. The fourth-order valence-corrected chi connectivity index (χ4v) is 2.97. The third kappa shape index (κ3) is 2.97. The highest BCUT2D eigenvalue weighted by atomic mass is 16.5. The number of carbonyl (C=O) groups is 2. The van der Waals surface area contributed by atoms with Crippen LogP contribution in [-0.2, 0) is 9.53 Å². The molecule has 1 aliphatic rings. The Morgan fingerprint density at radius 1 is 1.58 bits per heavy atom. The lowest BCUT2D eigenvalue weighted by atomic mass is 10.1. The average molecular weight is 328 g/mol. The number of H-pyrrole nitrogens is 1. The van der Waals surface area contributed by atoms with Gasteiger partial charge in [-0.15, -0.1) is 0 Å². The lowest BCUT2D eigenvalue weighted by Gasteiger charge is -2.17. The molecule has 2 aromatic heterocycles. The number of esters is 1. The third-order valence-electron chi connectivity index (χ3n) is 4.10. The summed E-state index contributed by atoms with van der Waals surface area (Å²) in [6.07, 6.45) is 5.46. The van der Waals surface area contributed by atoms with Crippen molar-refractivity contribution in [3.8, 4) is 0 Å². The first-order valence-corrected chi connectivity index (χ1v) is 7.95. The zero-order valence-electron chi connectivity index (χ0n) is 13.5. The first-order chi connectivity index (χ1) is 11.6. The van der Waals surface area contributed by atoms with Crippen molar-refractivity contribution >= 4 is 28.6 Å². The molecule has 2 N–H and O–H groups in total. The molecule has 1 amide bonds. The summed E-state index contributed by atoms with van der Waals surface area (Å²) in [7, 11) is 0. The number of pyridine rings is 1. The molecule has 126 valence electrons. The van der Waals surface area contributed by atoms with Gasteiger partial charge in [-0.05, 0) is 25.5 Å². The average Bonchev–Trinajstić information content (AvgIpc) is 3.22. The van der Waals surface area contributed by atoms with Crippen LogP contribution in [0.15, 0.2) is 31.1 Å². The number of aromatic amines is 1. The van der Waals surface area contributed by atoms with E-state index in [0.717, 1.165) is 12.1 Å². The Balaban J connectivity index is 1.85. The minimum absolute atomic E-state index is 0.0620. The maximum Gasteiger partial charge on any atom is 0.340 e. The van der Waals surface area contributed by atoms with E-state index in [2.05, 4.69) is 21.9 Å². The first-order valence-electron chi connectivity index (χ1n) is 7.95. The van der Waals surface area contributed by atoms with E-state index in [1.807, 2.05) is 6.07 Å². The Labute approximate surface area is 139 Å². The van der Waals surface area contributed by atoms with Gasteiger partial charge in [0.15, 0.2) is 0 Å². The van der Waals surface area contributed by atoms with Crippen molar-refractivity contribution < 1.29 is 14.3 Å². The highest BCUT2D eigenvalue weighted by Gasteiger charge is 2.26. The van der Waals surface area contributed by atoms with Crippen molar-refractivity contribution in [2.24, 2.45) is 0 Å². The molecule has 0 bridgehead atoms. The minimum atomic E-state index is -0.380. The van der Waals surface area contributed by atoms with Gasteiger partial charge in [-0.3, -0.25) is 4.79 Å². The summed E-state index contributed by atoms with van der Waals surface area (Å²) in [5, 5.41) is 4.13. The molecule has 0 aromatic carbocycles. The van der Waals surface area contributed by atoms with Gasteiger partial charge < -0.3 is 19.9 Å². The number of likely N-dealkylation sites (tertiary alicyclic amines) is 1. The van der Waals surface area contributed by atoms with Gasteiger partial charge in [-0.25, -0.2) is 9.78 Å². The predicted molar refractivity (Wildman–Crippen MR) is 90.9 cm³/mol. The second-order valence-electron chi connectivity index (χ2n) is 5.62. The summed E-state index contributed by atoms with van der Waals surface area (Å²) in [6, 6.07) is 1.95. The van der Waals surface area contributed by atoms with Crippen LogP contribution in [0.3, 0.4) is 0 Å². The Morgan fingerprint density at radius 2 is 2.42 bits per heavy atom. The Kier molecular flexibility index (Phi) is 4.50. The molecule has 1 atom stereocenters. The lowest BCUT2D eigenvalue weighted by Crippen LogP contribution is -2.30.